The Labute approximate surface area is 172 Å². The molecule has 0 spiro atoms. The summed E-state index contributed by atoms with van der Waals surface area (Å²) in [7, 11) is 4.91. The number of hydrogen-bond acceptors (Lipinski definition) is 4. The Bertz CT molecular complexity index is 823. The molecule has 6 nitrogen and oxygen atoms in total. The molecule has 0 aromatic heterocycles. The van der Waals surface area contributed by atoms with Crippen molar-refractivity contribution in [3.8, 4) is 11.5 Å². The number of benzene rings is 2. The zero-order valence-electron chi connectivity index (χ0n) is 17.8. The van der Waals surface area contributed by atoms with Crippen molar-refractivity contribution in [2.75, 3.05) is 21.3 Å². The second kappa shape index (κ2) is 10.5. The number of amides is 2. The van der Waals surface area contributed by atoms with Gasteiger partial charge >= 0.3 is 0 Å². The van der Waals surface area contributed by atoms with E-state index in [-0.39, 0.29) is 17.7 Å². The summed E-state index contributed by atoms with van der Waals surface area (Å²) in [5.41, 5.74) is 1.40. The van der Waals surface area contributed by atoms with Crippen LogP contribution in [0.15, 0.2) is 48.5 Å². The van der Waals surface area contributed by atoms with Crippen LogP contribution >= 0.6 is 0 Å². The van der Waals surface area contributed by atoms with Crippen LogP contribution in [0.5, 0.6) is 11.5 Å². The average Bonchev–Trinajstić information content (AvgIpc) is 2.76. The normalized spacial score (nSPS) is 12.6. The fourth-order valence-electron chi connectivity index (χ4n) is 3.05. The van der Waals surface area contributed by atoms with Crippen LogP contribution < -0.4 is 14.8 Å². The van der Waals surface area contributed by atoms with E-state index in [0.29, 0.717) is 23.6 Å². The molecule has 2 rings (SSSR count). The third-order valence-corrected chi connectivity index (χ3v) is 5.08. The Hall–Kier alpha value is -3.02. The third-order valence-electron chi connectivity index (χ3n) is 5.08. The van der Waals surface area contributed by atoms with Crippen molar-refractivity contribution in [1.29, 1.82) is 0 Å². The van der Waals surface area contributed by atoms with E-state index in [0.717, 1.165) is 12.0 Å². The summed E-state index contributed by atoms with van der Waals surface area (Å²) in [5, 5.41) is 2.92. The Morgan fingerprint density at radius 3 is 2.34 bits per heavy atom. The molecule has 2 amide bonds. The van der Waals surface area contributed by atoms with Crippen molar-refractivity contribution in [2.45, 2.75) is 32.9 Å². The minimum Gasteiger partial charge on any atom is -0.497 e. The molecule has 6 heteroatoms. The molecule has 0 saturated heterocycles. The van der Waals surface area contributed by atoms with Gasteiger partial charge in [0.25, 0.3) is 5.91 Å². The molecule has 1 N–H and O–H groups in total. The SMILES string of the molecule is CCC(C)C(NC(=O)c1ccccc1)C(=O)N(C)Cc1ccc(OC)cc1OC. The van der Waals surface area contributed by atoms with Gasteiger partial charge in [-0.2, -0.15) is 0 Å². The van der Waals surface area contributed by atoms with Gasteiger partial charge in [-0.25, -0.2) is 0 Å². The van der Waals surface area contributed by atoms with E-state index >= 15 is 0 Å². The van der Waals surface area contributed by atoms with E-state index in [1.807, 2.05) is 32.0 Å². The van der Waals surface area contributed by atoms with Crippen LogP contribution in [0.3, 0.4) is 0 Å². The van der Waals surface area contributed by atoms with Crippen molar-refractivity contribution < 1.29 is 19.1 Å². The van der Waals surface area contributed by atoms with Crippen molar-refractivity contribution in [3.63, 3.8) is 0 Å². The van der Waals surface area contributed by atoms with Gasteiger partial charge in [-0.05, 0) is 30.2 Å². The van der Waals surface area contributed by atoms with Crippen LogP contribution in [0.1, 0.15) is 36.2 Å². The van der Waals surface area contributed by atoms with Crippen LogP contribution in [0, 0.1) is 5.92 Å². The highest BCUT2D eigenvalue weighted by molar-refractivity contribution is 5.97. The second-order valence-electron chi connectivity index (χ2n) is 7.07. The van der Waals surface area contributed by atoms with Gasteiger partial charge in [0.15, 0.2) is 0 Å². The Balaban J connectivity index is 2.17. The van der Waals surface area contributed by atoms with E-state index in [9.17, 15) is 9.59 Å². The van der Waals surface area contributed by atoms with E-state index in [2.05, 4.69) is 5.32 Å². The molecule has 0 aliphatic heterocycles. The van der Waals surface area contributed by atoms with Crippen LogP contribution in [0.2, 0.25) is 0 Å². The predicted octanol–water partition coefficient (Wildman–Crippen LogP) is 3.51. The van der Waals surface area contributed by atoms with Gasteiger partial charge in [0.05, 0.1) is 14.2 Å². The van der Waals surface area contributed by atoms with Gasteiger partial charge in [0.2, 0.25) is 5.91 Å². The van der Waals surface area contributed by atoms with E-state index < -0.39 is 6.04 Å². The number of likely N-dealkylation sites (N-methyl/N-ethyl adjacent to an activating group) is 1. The standard InChI is InChI=1S/C23H30N2O4/c1-6-16(2)21(24-22(26)17-10-8-7-9-11-17)23(27)25(3)15-18-12-13-19(28-4)14-20(18)29-5/h7-14,16,21H,6,15H2,1-5H3,(H,24,26). The number of carbonyl (C=O) groups is 2. The number of hydrogen-bond donors (Lipinski definition) is 1. The zero-order chi connectivity index (χ0) is 21.4. The molecule has 2 atom stereocenters. The Morgan fingerprint density at radius 2 is 1.76 bits per heavy atom. The summed E-state index contributed by atoms with van der Waals surface area (Å²) in [6.07, 6.45) is 0.769. The van der Waals surface area contributed by atoms with Gasteiger partial charge in [-0.15, -0.1) is 0 Å². The van der Waals surface area contributed by atoms with Gasteiger partial charge < -0.3 is 19.7 Å². The lowest BCUT2D eigenvalue weighted by Gasteiger charge is -2.28. The van der Waals surface area contributed by atoms with E-state index in [1.54, 1.807) is 56.5 Å². The smallest absolute Gasteiger partial charge is 0.251 e. The molecule has 0 saturated carbocycles. The third kappa shape index (κ3) is 5.73. The molecular weight excluding hydrogens is 368 g/mol. The first kappa shape index (κ1) is 22.3. The maximum atomic E-state index is 13.2. The average molecular weight is 399 g/mol. The summed E-state index contributed by atoms with van der Waals surface area (Å²) >= 11 is 0. The molecule has 0 bridgehead atoms. The van der Waals surface area contributed by atoms with Crippen LogP contribution in [0.4, 0.5) is 0 Å². The van der Waals surface area contributed by atoms with Gasteiger partial charge in [0, 0.05) is 30.8 Å². The highest BCUT2D eigenvalue weighted by Gasteiger charge is 2.29. The van der Waals surface area contributed by atoms with Crippen molar-refractivity contribution >= 4 is 11.8 Å². The molecule has 0 aliphatic rings. The number of carbonyl (C=O) groups excluding carboxylic acids is 2. The van der Waals surface area contributed by atoms with Crippen LogP contribution in [-0.2, 0) is 11.3 Å². The molecule has 2 aromatic rings. The Kier molecular flexibility index (Phi) is 8.07. The summed E-state index contributed by atoms with van der Waals surface area (Å²) in [4.78, 5) is 27.4. The maximum Gasteiger partial charge on any atom is 0.251 e. The van der Waals surface area contributed by atoms with Gasteiger partial charge in [-0.3, -0.25) is 9.59 Å². The molecule has 0 aliphatic carbocycles. The molecule has 0 radical (unpaired) electrons. The summed E-state index contributed by atoms with van der Waals surface area (Å²) in [5.74, 6) is 0.946. The van der Waals surface area contributed by atoms with Crippen molar-refractivity contribution in [3.05, 3.63) is 59.7 Å². The van der Waals surface area contributed by atoms with Gasteiger partial charge in [0.1, 0.15) is 17.5 Å². The van der Waals surface area contributed by atoms with Crippen molar-refractivity contribution in [2.24, 2.45) is 5.92 Å². The van der Waals surface area contributed by atoms with Crippen molar-refractivity contribution in [1.82, 2.24) is 10.2 Å². The molecule has 0 fully saturated rings. The monoisotopic (exact) mass is 398 g/mol. The fourth-order valence-corrected chi connectivity index (χ4v) is 3.05. The molecule has 29 heavy (non-hydrogen) atoms. The molecule has 2 aromatic carbocycles. The lowest BCUT2D eigenvalue weighted by atomic mass is 9.97. The number of nitrogens with one attached hydrogen (secondary N) is 1. The lowest BCUT2D eigenvalue weighted by molar-refractivity contribution is -0.133. The summed E-state index contributed by atoms with van der Waals surface area (Å²) in [6.45, 7) is 4.34. The van der Waals surface area contributed by atoms with Crippen LogP contribution in [0.25, 0.3) is 0 Å². The maximum absolute atomic E-state index is 13.2. The predicted molar refractivity (Wildman–Crippen MR) is 113 cm³/mol. The van der Waals surface area contributed by atoms with E-state index in [4.69, 9.17) is 9.47 Å². The van der Waals surface area contributed by atoms with Gasteiger partial charge in [-0.1, -0.05) is 38.5 Å². The first-order valence-corrected chi connectivity index (χ1v) is 9.73. The fraction of sp³-hybridized carbons (Fsp3) is 0.391. The first-order valence-electron chi connectivity index (χ1n) is 9.73. The first-order chi connectivity index (χ1) is 13.9. The van der Waals surface area contributed by atoms with Crippen LogP contribution in [-0.4, -0.2) is 44.0 Å². The number of rotatable bonds is 9. The zero-order valence-corrected chi connectivity index (χ0v) is 17.8. The highest BCUT2D eigenvalue weighted by atomic mass is 16.5. The quantitative estimate of drug-likeness (QED) is 0.702. The summed E-state index contributed by atoms with van der Waals surface area (Å²) < 4.78 is 10.7. The highest BCUT2D eigenvalue weighted by Crippen LogP contribution is 2.26. The number of nitrogens with zero attached hydrogens (tertiary/aromatic N) is 1. The van der Waals surface area contributed by atoms with E-state index in [1.165, 1.54) is 0 Å². The minimum atomic E-state index is -0.609. The molecular formula is C23H30N2O4. The number of ether oxygens (including phenoxy) is 2. The molecule has 0 heterocycles. The lowest BCUT2D eigenvalue weighted by Crippen LogP contribution is -2.50. The summed E-state index contributed by atoms with van der Waals surface area (Å²) in [6, 6.07) is 13.8. The molecule has 2 unspecified atom stereocenters. The molecule has 156 valence electrons. The second-order valence-corrected chi connectivity index (χ2v) is 7.07. The number of methoxy groups -OCH3 is 2. The topological polar surface area (TPSA) is 67.9 Å². The Morgan fingerprint density at radius 1 is 1.07 bits per heavy atom. The minimum absolute atomic E-state index is 0.00428. The largest absolute Gasteiger partial charge is 0.497 e.